The van der Waals surface area contributed by atoms with Gasteiger partial charge >= 0.3 is 0 Å². The van der Waals surface area contributed by atoms with Crippen LogP contribution < -0.4 is 0 Å². The van der Waals surface area contributed by atoms with Crippen LogP contribution in [0.25, 0.3) is 0 Å². The van der Waals surface area contributed by atoms with Crippen LogP contribution in [0.15, 0.2) is 18.2 Å². The Morgan fingerprint density at radius 1 is 1.36 bits per heavy atom. The molecule has 0 saturated carbocycles. The first kappa shape index (κ1) is 12.4. The molecule has 0 radical (unpaired) electrons. The van der Waals surface area contributed by atoms with Crippen molar-refractivity contribution in [3.63, 3.8) is 0 Å². The van der Waals surface area contributed by atoms with E-state index in [1.54, 1.807) is 0 Å². The summed E-state index contributed by atoms with van der Waals surface area (Å²) in [6.07, 6.45) is 3.28. The number of benzene rings is 1. The van der Waals surface area contributed by atoms with Crippen molar-refractivity contribution < 1.29 is 0 Å². The van der Waals surface area contributed by atoms with Crippen molar-refractivity contribution in [2.75, 3.05) is 0 Å². The van der Waals surface area contributed by atoms with Gasteiger partial charge in [-0.2, -0.15) is 0 Å². The van der Waals surface area contributed by atoms with Crippen molar-refractivity contribution >= 4 is 39.1 Å². The lowest BCUT2D eigenvalue weighted by Crippen LogP contribution is -1.93. The van der Waals surface area contributed by atoms with Gasteiger partial charge in [0.25, 0.3) is 0 Å². The van der Waals surface area contributed by atoms with E-state index in [2.05, 4.69) is 22.9 Å². The van der Waals surface area contributed by atoms with E-state index < -0.39 is 0 Å². The molecule has 1 aromatic carbocycles. The second-order valence-corrected chi connectivity index (χ2v) is 5.82. The van der Waals surface area contributed by atoms with E-state index in [9.17, 15) is 0 Å². The fourth-order valence-corrected chi connectivity index (χ4v) is 2.04. The van der Waals surface area contributed by atoms with Gasteiger partial charge in [-0.3, -0.25) is 0 Å². The lowest BCUT2D eigenvalue weighted by Gasteiger charge is -2.05. The van der Waals surface area contributed by atoms with Crippen molar-refractivity contribution in [3.05, 3.63) is 33.8 Å². The summed E-state index contributed by atoms with van der Waals surface area (Å²) in [5.74, 6) is 0. The van der Waals surface area contributed by atoms with Gasteiger partial charge in [0.15, 0.2) is 0 Å². The molecular formula is C11H13BrCl2. The number of rotatable bonds is 4. The van der Waals surface area contributed by atoms with E-state index in [0.29, 0.717) is 4.83 Å². The quantitative estimate of drug-likeness (QED) is 0.678. The minimum absolute atomic E-state index is 0.570. The first-order valence-corrected chi connectivity index (χ1v) is 6.34. The van der Waals surface area contributed by atoms with Crippen LogP contribution >= 0.6 is 39.1 Å². The monoisotopic (exact) mass is 294 g/mol. The van der Waals surface area contributed by atoms with Crippen molar-refractivity contribution in [2.24, 2.45) is 0 Å². The maximum Gasteiger partial charge on any atom is 0.0439 e. The molecule has 0 nitrogen and oxygen atoms in total. The topological polar surface area (TPSA) is 0 Å². The second-order valence-electron chi connectivity index (χ2n) is 3.41. The third kappa shape index (κ3) is 4.20. The Morgan fingerprint density at radius 3 is 2.71 bits per heavy atom. The predicted octanol–water partition coefficient (Wildman–Crippen LogP) is 5.10. The Kier molecular flexibility index (Phi) is 5.29. The van der Waals surface area contributed by atoms with E-state index in [1.165, 1.54) is 0 Å². The molecule has 1 atom stereocenters. The van der Waals surface area contributed by atoms with Crippen LogP contribution in [0.5, 0.6) is 0 Å². The van der Waals surface area contributed by atoms with Gasteiger partial charge in [0.2, 0.25) is 0 Å². The lowest BCUT2D eigenvalue weighted by molar-refractivity contribution is 0.736. The average Bonchev–Trinajstić information content (AvgIpc) is 2.10. The summed E-state index contributed by atoms with van der Waals surface area (Å²) in [4.78, 5) is 0.570. The molecule has 1 rings (SSSR count). The van der Waals surface area contributed by atoms with Crippen molar-refractivity contribution in [1.82, 2.24) is 0 Å². The van der Waals surface area contributed by atoms with Crippen LogP contribution in [0.2, 0.25) is 10.0 Å². The largest absolute Gasteiger partial charge is 0.0894 e. The first-order chi connectivity index (χ1) is 6.59. The maximum absolute atomic E-state index is 6.04. The molecule has 1 unspecified atom stereocenters. The normalized spacial score (nSPS) is 12.9. The first-order valence-electron chi connectivity index (χ1n) is 4.67. The van der Waals surface area contributed by atoms with Crippen molar-refractivity contribution in [1.29, 1.82) is 0 Å². The highest BCUT2D eigenvalue weighted by molar-refractivity contribution is 9.09. The molecule has 3 heteroatoms. The molecule has 0 bridgehead atoms. The number of hydrogen-bond donors (Lipinski definition) is 0. The van der Waals surface area contributed by atoms with Gasteiger partial charge in [-0.25, -0.2) is 0 Å². The Morgan fingerprint density at radius 2 is 2.07 bits per heavy atom. The molecule has 78 valence electrons. The fourth-order valence-electron chi connectivity index (χ4n) is 1.31. The minimum Gasteiger partial charge on any atom is -0.0894 e. The number of halogens is 3. The zero-order valence-corrected chi connectivity index (χ0v) is 11.2. The highest BCUT2D eigenvalue weighted by Gasteiger charge is 2.02. The lowest BCUT2D eigenvalue weighted by atomic mass is 10.1. The van der Waals surface area contributed by atoms with Crippen LogP contribution in [0, 0.1) is 0 Å². The van der Waals surface area contributed by atoms with Crippen molar-refractivity contribution in [3.8, 4) is 0 Å². The molecule has 0 amide bonds. The Balaban J connectivity index is 2.53. The van der Waals surface area contributed by atoms with Gasteiger partial charge in [0.1, 0.15) is 0 Å². The average molecular weight is 296 g/mol. The molecule has 0 aliphatic carbocycles. The molecule has 0 fully saturated rings. The van der Waals surface area contributed by atoms with E-state index in [4.69, 9.17) is 23.2 Å². The van der Waals surface area contributed by atoms with E-state index in [1.807, 2.05) is 18.2 Å². The second kappa shape index (κ2) is 5.99. The molecule has 0 heterocycles. The predicted molar refractivity (Wildman–Crippen MR) is 67.8 cm³/mol. The van der Waals surface area contributed by atoms with Gasteiger partial charge in [0.05, 0.1) is 0 Å². The molecule has 14 heavy (non-hydrogen) atoms. The standard InChI is InChI=1S/C11H13BrCl2/c1-8(12)3-2-4-9-7-10(13)5-6-11(9)14/h5-8H,2-4H2,1H3. The summed E-state index contributed by atoms with van der Waals surface area (Å²) >= 11 is 15.5. The summed E-state index contributed by atoms with van der Waals surface area (Å²) in [5.41, 5.74) is 1.15. The van der Waals surface area contributed by atoms with Crippen LogP contribution in [0.4, 0.5) is 0 Å². The van der Waals surface area contributed by atoms with E-state index >= 15 is 0 Å². The molecule has 0 spiro atoms. The zero-order valence-electron chi connectivity index (χ0n) is 8.06. The van der Waals surface area contributed by atoms with E-state index in [0.717, 1.165) is 34.9 Å². The van der Waals surface area contributed by atoms with Gasteiger partial charge in [-0.1, -0.05) is 46.1 Å². The van der Waals surface area contributed by atoms with Gasteiger partial charge in [0, 0.05) is 14.9 Å². The van der Waals surface area contributed by atoms with Crippen LogP contribution in [-0.4, -0.2) is 4.83 Å². The minimum atomic E-state index is 0.570. The molecule has 0 aliphatic heterocycles. The fraction of sp³-hybridized carbons (Fsp3) is 0.455. The van der Waals surface area contributed by atoms with E-state index in [-0.39, 0.29) is 0 Å². The summed E-state index contributed by atoms with van der Waals surface area (Å²) in [5, 5.41) is 1.58. The molecule has 0 aliphatic rings. The smallest absolute Gasteiger partial charge is 0.0439 e. The summed E-state index contributed by atoms with van der Waals surface area (Å²) in [7, 11) is 0. The van der Waals surface area contributed by atoms with Crippen LogP contribution in [0.3, 0.4) is 0 Å². The summed E-state index contributed by atoms with van der Waals surface area (Å²) in [6, 6.07) is 5.63. The van der Waals surface area contributed by atoms with Crippen LogP contribution in [-0.2, 0) is 6.42 Å². The summed E-state index contributed by atoms with van der Waals surface area (Å²) < 4.78 is 0. The number of aryl methyl sites for hydroxylation is 1. The van der Waals surface area contributed by atoms with Gasteiger partial charge < -0.3 is 0 Å². The SMILES string of the molecule is CC(Br)CCCc1cc(Cl)ccc1Cl. The molecular weight excluding hydrogens is 283 g/mol. The molecule has 0 N–H and O–H groups in total. The Hall–Kier alpha value is 0.280. The third-order valence-electron chi connectivity index (χ3n) is 2.06. The number of alkyl halides is 1. The molecule has 0 aromatic heterocycles. The highest BCUT2D eigenvalue weighted by atomic mass is 79.9. The molecule has 0 saturated heterocycles. The van der Waals surface area contributed by atoms with Gasteiger partial charge in [-0.05, 0) is 43.0 Å². The maximum atomic E-state index is 6.04. The number of hydrogen-bond acceptors (Lipinski definition) is 0. The zero-order chi connectivity index (χ0) is 10.6. The molecule has 1 aromatic rings. The van der Waals surface area contributed by atoms with Gasteiger partial charge in [-0.15, -0.1) is 0 Å². The summed E-state index contributed by atoms with van der Waals surface area (Å²) in [6.45, 7) is 2.15. The highest BCUT2D eigenvalue weighted by Crippen LogP contribution is 2.22. The van der Waals surface area contributed by atoms with Crippen LogP contribution in [0.1, 0.15) is 25.3 Å². The Labute approximate surface area is 104 Å². The Bertz CT molecular complexity index is 297. The third-order valence-corrected chi connectivity index (χ3v) is 3.12. The van der Waals surface area contributed by atoms with Crippen molar-refractivity contribution in [2.45, 2.75) is 31.0 Å².